The molecule has 0 unspecified atom stereocenters. The van der Waals surface area contributed by atoms with Crippen LogP contribution >= 0.6 is 22.7 Å². The van der Waals surface area contributed by atoms with E-state index >= 15 is 0 Å². The molecule has 0 spiro atoms. The highest BCUT2D eigenvalue weighted by Crippen LogP contribution is 2.32. The van der Waals surface area contributed by atoms with Crippen molar-refractivity contribution in [2.24, 2.45) is 5.41 Å². The second kappa shape index (κ2) is 8.07. The highest BCUT2D eigenvalue weighted by atomic mass is 32.1. The minimum absolute atomic E-state index is 0.00000169. The largest absolute Gasteiger partial charge is 0.352 e. The minimum atomic E-state index is -0.446. The van der Waals surface area contributed by atoms with Gasteiger partial charge in [0.15, 0.2) is 5.13 Å². The first-order valence-corrected chi connectivity index (χ1v) is 12.0. The van der Waals surface area contributed by atoms with Crippen molar-refractivity contribution in [3.63, 3.8) is 0 Å². The summed E-state index contributed by atoms with van der Waals surface area (Å²) in [7, 11) is 0. The van der Waals surface area contributed by atoms with Crippen molar-refractivity contribution in [3.8, 4) is 11.3 Å². The maximum absolute atomic E-state index is 13.5. The number of thiazole rings is 1. The second-order valence-corrected chi connectivity index (χ2v) is 10.6. The van der Waals surface area contributed by atoms with Crippen LogP contribution in [0, 0.1) is 5.41 Å². The zero-order valence-electron chi connectivity index (χ0n) is 17.1. The third-order valence-electron chi connectivity index (χ3n) is 5.46. The van der Waals surface area contributed by atoms with E-state index in [9.17, 15) is 9.59 Å². The van der Waals surface area contributed by atoms with Crippen LogP contribution in [0.5, 0.6) is 0 Å². The first-order valence-electron chi connectivity index (χ1n) is 10.2. The van der Waals surface area contributed by atoms with E-state index in [0.29, 0.717) is 12.6 Å². The molecule has 156 valence electrons. The Bertz CT molecular complexity index is 868. The van der Waals surface area contributed by atoms with Gasteiger partial charge in [0.05, 0.1) is 5.69 Å². The zero-order chi connectivity index (χ0) is 20.6. The van der Waals surface area contributed by atoms with E-state index in [1.54, 1.807) is 16.2 Å². The Morgan fingerprint density at radius 3 is 2.69 bits per heavy atom. The van der Waals surface area contributed by atoms with Crippen molar-refractivity contribution in [1.82, 2.24) is 15.2 Å². The fourth-order valence-corrected chi connectivity index (χ4v) is 5.05. The van der Waals surface area contributed by atoms with Gasteiger partial charge < -0.3 is 15.5 Å². The molecule has 2 fully saturated rings. The van der Waals surface area contributed by atoms with Gasteiger partial charge in [-0.15, -0.1) is 11.3 Å². The van der Waals surface area contributed by atoms with Crippen LogP contribution in [0.4, 0.5) is 5.13 Å². The summed E-state index contributed by atoms with van der Waals surface area (Å²) < 4.78 is 0. The highest BCUT2D eigenvalue weighted by molar-refractivity contribution is 7.14. The summed E-state index contributed by atoms with van der Waals surface area (Å²) in [5.74, 6) is -0.0155. The van der Waals surface area contributed by atoms with Gasteiger partial charge in [-0.1, -0.05) is 20.8 Å². The molecule has 1 aliphatic heterocycles. The number of hydrogen-bond acceptors (Lipinski definition) is 6. The van der Waals surface area contributed by atoms with Crippen molar-refractivity contribution in [1.29, 1.82) is 0 Å². The molecule has 1 saturated carbocycles. The fraction of sp³-hybridized carbons (Fsp3) is 0.571. The molecule has 0 aromatic carbocycles. The van der Waals surface area contributed by atoms with E-state index in [0.717, 1.165) is 42.1 Å². The monoisotopic (exact) mass is 432 g/mol. The van der Waals surface area contributed by atoms with Crippen LogP contribution in [0.25, 0.3) is 11.3 Å². The van der Waals surface area contributed by atoms with Gasteiger partial charge in [0.2, 0.25) is 11.8 Å². The molecule has 2 amide bonds. The molecule has 3 heterocycles. The third-order valence-corrected chi connectivity index (χ3v) is 6.92. The van der Waals surface area contributed by atoms with Crippen LogP contribution in [0.3, 0.4) is 0 Å². The van der Waals surface area contributed by atoms with Gasteiger partial charge in [-0.2, -0.15) is 11.3 Å². The van der Waals surface area contributed by atoms with Crippen LogP contribution in [0.1, 0.15) is 46.5 Å². The Kier molecular flexibility index (Phi) is 5.66. The van der Waals surface area contributed by atoms with Crippen molar-refractivity contribution in [3.05, 3.63) is 22.2 Å². The standard InChI is InChI=1S/C21H28N4O2S2/c1-21(2,3)17(24-20-23-15(12-29-20)13-8-10-28-11-13)19(27)25-9-4-5-16(25)18(26)22-14-6-7-14/h8,10-12,14,16-17H,4-7,9H2,1-3H3,(H,22,26)(H,23,24)/t16-,17+/m0/s1. The van der Waals surface area contributed by atoms with Crippen molar-refractivity contribution < 1.29 is 9.59 Å². The van der Waals surface area contributed by atoms with Gasteiger partial charge in [-0.05, 0) is 42.5 Å². The summed E-state index contributed by atoms with van der Waals surface area (Å²) in [4.78, 5) is 32.6. The molecule has 2 N–H and O–H groups in total. The van der Waals surface area contributed by atoms with Crippen LogP contribution in [-0.2, 0) is 9.59 Å². The molecular weight excluding hydrogens is 404 g/mol. The smallest absolute Gasteiger partial charge is 0.246 e. The van der Waals surface area contributed by atoms with Gasteiger partial charge in [0.25, 0.3) is 0 Å². The van der Waals surface area contributed by atoms with E-state index in [1.165, 1.54) is 11.3 Å². The number of amides is 2. The predicted molar refractivity (Wildman–Crippen MR) is 118 cm³/mol. The summed E-state index contributed by atoms with van der Waals surface area (Å²) >= 11 is 3.15. The molecule has 0 radical (unpaired) electrons. The molecule has 6 nitrogen and oxygen atoms in total. The quantitative estimate of drug-likeness (QED) is 0.724. The zero-order valence-corrected chi connectivity index (χ0v) is 18.7. The number of carbonyl (C=O) groups is 2. The topological polar surface area (TPSA) is 74.3 Å². The summed E-state index contributed by atoms with van der Waals surface area (Å²) in [6.07, 6.45) is 3.70. The molecule has 1 saturated heterocycles. The lowest BCUT2D eigenvalue weighted by atomic mass is 9.85. The van der Waals surface area contributed by atoms with Crippen LogP contribution in [0.15, 0.2) is 22.2 Å². The Hall–Kier alpha value is -1.93. The molecule has 4 rings (SSSR count). The number of rotatable bonds is 6. The molecule has 29 heavy (non-hydrogen) atoms. The van der Waals surface area contributed by atoms with E-state index in [1.807, 2.05) is 37.6 Å². The molecule has 1 aliphatic carbocycles. The van der Waals surface area contributed by atoms with Gasteiger partial charge in [0, 0.05) is 28.9 Å². The molecule has 2 atom stereocenters. The second-order valence-electron chi connectivity index (χ2n) is 8.97. The van der Waals surface area contributed by atoms with Crippen molar-refractivity contribution in [2.75, 3.05) is 11.9 Å². The van der Waals surface area contributed by atoms with Gasteiger partial charge >= 0.3 is 0 Å². The van der Waals surface area contributed by atoms with E-state index < -0.39 is 6.04 Å². The number of anilines is 1. The van der Waals surface area contributed by atoms with Crippen molar-refractivity contribution >= 4 is 39.6 Å². The van der Waals surface area contributed by atoms with E-state index in [2.05, 4.69) is 21.0 Å². The first-order chi connectivity index (χ1) is 13.8. The van der Waals surface area contributed by atoms with Crippen LogP contribution < -0.4 is 10.6 Å². The number of thiophene rings is 1. The van der Waals surface area contributed by atoms with Gasteiger partial charge in [-0.25, -0.2) is 4.98 Å². The number of hydrogen-bond donors (Lipinski definition) is 2. The highest BCUT2D eigenvalue weighted by Gasteiger charge is 2.42. The minimum Gasteiger partial charge on any atom is -0.352 e. The number of nitrogens with zero attached hydrogens (tertiary/aromatic N) is 2. The van der Waals surface area contributed by atoms with Crippen molar-refractivity contribution in [2.45, 2.75) is 64.6 Å². The lowest BCUT2D eigenvalue weighted by molar-refractivity contribution is -0.140. The Labute approximate surface area is 179 Å². The normalized spacial score (nSPS) is 20.5. The number of likely N-dealkylation sites (tertiary alicyclic amines) is 1. The lowest BCUT2D eigenvalue weighted by Crippen LogP contribution is -2.54. The fourth-order valence-electron chi connectivity index (χ4n) is 3.65. The summed E-state index contributed by atoms with van der Waals surface area (Å²) in [6, 6.07) is 1.55. The maximum atomic E-state index is 13.5. The number of aromatic nitrogens is 1. The Balaban J connectivity index is 1.50. The van der Waals surface area contributed by atoms with Gasteiger partial charge in [0.1, 0.15) is 12.1 Å². The molecule has 2 aromatic rings. The summed E-state index contributed by atoms with van der Waals surface area (Å²) in [5.41, 5.74) is 1.70. The maximum Gasteiger partial charge on any atom is 0.246 e. The SMILES string of the molecule is CC(C)(C)[C@H](Nc1nc(-c2ccsc2)cs1)C(=O)N1CCC[C@H]1C(=O)NC1CC1. The number of carbonyl (C=O) groups excluding carboxylic acids is 2. The average molecular weight is 433 g/mol. The predicted octanol–water partition coefficient (Wildman–Crippen LogP) is 3.97. The lowest BCUT2D eigenvalue weighted by Gasteiger charge is -2.35. The Morgan fingerprint density at radius 2 is 2.03 bits per heavy atom. The molecule has 8 heteroatoms. The molecule has 0 bridgehead atoms. The summed E-state index contributed by atoms with van der Waals surface area (Å²) in [5, 5.41) is 13.3. The van der Waals surface area contributed by atoms with E-state index in [-0.39, 0.29) is 23.3 Å². The third kappa shape index (κ3) is 4.64. The van der Waals surface area contributed by atoms with Crippen LogP contribution in [-0.4, -0.2) is 46.4 Å². The molecule has 2 aliphatic rings. The van der Waals surface area contributed by atoms with Gasteiger partial charge in [-0.3, -0.25) is 9.59 Å². The Morgan fingerprint density at radius 1 is 1.24 bits per heavy atom. The van der Waals surface area contributed by atoms with Crippen LogP contribution in [0.2, 0.25) is 0 Å². The first kappa shape index (κ1) is 20.3. The summed E-state index contributed by atoms with van der Waals surface area (Å²) in [6.45, 7) is 6.77. The average Bonchev–Trinajstić information content (AvgIpc) is 3.15. The molecular formula is C21H28N4O2S2. The molecule has 2 aromatic heterocycles. The van der Waals surface area contributed by atoms with E-state index in [4.69, 9.17) is 0 Å². The number of nitrogens with one attached hydrogen (secondary N) is 2.